The van der Waals surface area contributed by atoms with Crippen molar-refractivity contribution in [3.05, 3.63) is 29.6 Å². The summed E-state index contributed by atoms with van der Waals surface area (Å²) in [5, 5.41) is 6.14. The number of thioether (sulfide) groups is 1. The minimum Gasteiger partial charge on any atom is -0.378 e. The molecule has 1 saturated heterocycles. The molecule has 1 amide bonds. The highest BCUT2D eigenvalue weighted by atomic mass is 35.5. The highest BCUT2D eigenvalue weighted by Gasteiger charge is 2.28. The molecule has 0 aromatic heterocycles. The molecule has 2 unspecified atom stereocenters. The number of halogens is 2. The van der Waals surface area contributed by atoms with Gasteiger partial charge in [-0.05, 0) is 18.1 Å². The van der Waals surface area contributed by atoms with Crippen molar-refractivity contribution >= 4 is 30.1 Å². The fraction of sp³-hybridized carbons (Fsp3) is 0.500. The molecule has 0 spiro atoms. The number of amides is 1. The SMILES string of the molecule is Cl.O=C(NC1CCSc2c(F)cccc21)C1COCCN1. The maximum Gasteiger partial charge on any atom is 0.240 e. The first-order valence-corrected chi connectivity index (χ1v) is 7.77. The van der Waals surface area contributed by atoms with Gasteiger partial charge in [0.25, 0.3) is 0 Å². The zero-order chi connectivity index (χ0) is 13.9. The van der Waals surface area contributed by atoms with Gasteiger partial charge < -0.3 is 15.4 Å². The maximum absolute atomic E-state index is 13.8. The van der Waals surface area contributed by atoms with E-state index in [-0.39, 0.29) is 36.2 Å². The Morgan fingerprint density at radius 2 is 2.33 bits per heavy atom. The predicted molar refractivity (Wildman–Crippen MR) is 82.5 cm³/mol. The van der Waals surface area contributed by atoms with Crippen LogP contribution in [0.15, 0.2) is 23.1 Å². The fourth-order valence-corrected chi connectivity index (χ4v) is 3.68. The van der Waals surface area contributed by atoms with Crippen molar-refractivity contribution in [2.45, 2.75) is 23.4 Å². The van der Waals surface area contributed by atoms with Gasteiger partial charge in [0.15, 0.2) is 0 Å². The number of ether oxygens (including phenoxy) is 1. The van der Waals surface area contributed by atoms with Gasteiger partial charge in [-0.2, -0.15) is 0 Å². The lowest BCUT2D eigenvalue weighted by molar-refractivity contribution is -0.126. The second kappa shape index (κ2) is 7.45. The van der Waals surface area contributed by atoms with E-state index >= 15 is 0 Å². The van der Waals surface area contributed by atoms with E-state index in [2.05, 4.69) is 10.6 Å². The normalized spacial score (nSPS) is 24.6. The van der Waals surface area contributed by atoms with Crippen LogP contribution >= 0.6 is 24.2 Å². The van der Waals surface area contributed by atoms with Crippen LogP contribution in [0.1, 0.15) is 18.0 Å². The monoisotopic (exact) mass is 332 g/mol. The lowest BCUT2D eigenvalue weighted by Gasteiger charge is -2.29. The number of carbonyl (C=O) groups excluding carboxylic acids is 1. The number of fused-ring (bicyclic) bond motifs is 1. The van der Waals surface area contributed by atoms with Crippen LogP contribution < -0.4 is 10.6 Å². The average molecular weight is 333 g/mol. The van der Waals surface area contributed by atoms with E-state index in [9.17, 15) is 9.18 Å². The first-order valence-electron chi connectivity index (χ1n) is 6.78. The largest absolute Gasteiger partial charge is 0.378 e. The van der Waals surface area contributed by atoms with Crippen LogP contribution in [-0.2, 0) is 9.53 Å². The molecule has 2 heterocycles. The topological polar surface area (TPSA) is 50.4 Å². The summed E-state index contributed by atoms with van der Waals surface area (Å²) < 4.78 is 19.1. The van der Waals surface area contributed by atoms with E-state index in [0.29, 0.717) is 24.7 Å². The molecule has 1 aromatic carbocycles. The van der Waals surface area contributed by atoms with Crippen LogP contribution in [0.5, 0.6) is 0 Å². The van der Waals surface area contributed by atoms with Crippen LogP contribution in [0.4, 0.5) is 4.39 Å². The van der Waals surface area contributed by atoms with Crippen LogP contribution in [0.3, 0.4) is 0 Å². The Labute approximate surface area is 133 Å². The Kier molecular flexibility index (Phi) is 5.87. The Bertz CT molecular complexity index is 512. The summed E-state index contributed by atoms with van der Waals surface area (Å²) >= 11 is 1.52. The lowest BCUT2D eigenvalue weighted by atomic mass is 10.0. The number of hydrogen-bond donors (Lipinski definition) is 2. The van der Waals surface area contributed by atoms with Gasteiger partial charge in [-0.3, -0.25) is 4.79 Å². The quantitative estimate of drug-likeness (QED) is 0.868. The van der Waals surface area contributed by atoms with Gasteiger partial charge in [-0.15, -0.1) is 24.2 Å². The summed E-state index contributed by atoms with van der Waals surface area (Å²) in [4.78, 5) is 12.9. The Balaban J connectivity index is 0.00000161. The molecule has 2 aliphatic heterocycles. The zero-order valence-corrected chi connectivity index (χ0v) is 13.1. The summed E-state index contributed by atoms with van der Waals surface area (Å²) in [7, 11) is 0. The lowest BCUT2D eigenvalue weighted by Crippen LogP contribution is -2.52. The smallest absolute Gasteiger partial charge is 0.240 e. The first-order chi connectivity index (χ1) is 9.75. The Morgan fingerprint density at radius 3 is 3.10 bits per heavy atom. The average Bonchev–Trinajstić information content (AvgIpc) is 2.49. The van der Waals surface area contributed by atoms with Gasteiger partial charge in [-0.25, -0.2) is 4.39 Å². The molecular weight excluding hydrogens is 315 g/mol. The van der Waals surface area contributed by atoms with Gasteiger partial charge in [0.05, 0.1) is 19.3 Å². The summed E-state index contributed by atoms with van der Waals surface area (Å²) in [6, 6.07) is 4.63. The van der Waals surface area contributed by atoms with Crippen molar-refractivity contribution in [2.24, 2.45) is 0 Å². The molecule has 21 heavy (non-hydrogen) atoms. The summed E-state index contributed by atoms with van der Waals surface area (Å²) in [6.45, 7) is 1.71. The van der Waals surface area contributed by atoms with E-state index in [1.807, 2.05) is 6.07 Å². The van der Waals surface area contributed by atoms with Gasteiger partial charge >= 0.3 is 0 Å². The molecule has 0 saturated carbocycles. The molecule has 2 N–H and O–H groups in total. The minimum absolute atomic E-state index is 0. The number of benzene rings is 1. The van der Waals surface area contributed by atoms with E-state index in [1.165, 1.54) is 17.8 Å². The van der Waals surface area contributed by atoms with E-state index in [4.69, 9.17) is 4.74 Å². The third-order valence-corrected chi connectivity index (χ3v) is 4.74. The van der Waals surface area contributed by atoms with Crippen molar-refractivity contribution in [3.63, 3.8) is 0 Å². The number of rotatable bonds is 2. The molecule has 7 heteroatoms. The Hall–Kier alpha value is -0.820. The van der Waals surface area contributed by atoms with E-state index < -0.39 is 0 Å². The number of carbonyl (C=O) groups is 1. The zero-order valence-electron chi connectivity index (χ0n) is 11.4. The van der Waals surface area contributed by atoms with Crippen LogP contribution in [0.25, 0.3) is 0 Å². The van der Waals surface area contributed by atoms with Gasteiger partial charge in [0, 0.05) is 17.2 Å². The standard InChI is InChI=1S/C14H17FN2O2S.ClH/c15-10-3-1-2-9-11(4-7-20-13(9)10)17-14(18)12-8-19-6-5-16-12;/h1-3,11-12,16H,4-8H2,(H,17,18);1H. The molecule has 0 aliphatic carbocycles. The fourth-order valence-electron chi connectivity index (χ4n) is 2.54. The second-order valence-electron chi connectivity index (χ2n) is 4.94. The van der Waals surface area contributed by atoms with E-state index in [1.54, 1.807) is 6.07 Å². The highest BCUT2D eigenvalue weighted by Crippen LogP contribution is 2.37. The van der Waals surface area contributed by atoms with Crippen molar-refractivity contribution in [2.75, 3.05) is 25.5 Å². The molecule has 2 atom stereocenters. The minimum atomic E-state index is -0.310. The van der Waals surface area contributed by atoms with Crippen molar-refractivity contribution in [3.8, 4) is 0 Å². The molecule has 0 radical (unpaired) electrons. The van der Waals surface area contributed by atoms with Crippen LogP contribution in [-0.4, -0.2) is 37.5 Å². The molecule has 0 bridgehead atoms. The van der Waals surface area contributed by atoms with Crippen molar-refractivity contribution < 1.29 is 13.9 Å². The van der Waals surface area contributed by atoms with Gasteiger partial charge in [-0.1, -0.05) is 12.1 Å². The highest BCUT2D eigenvalue weighted by molar-refractivity contribution is 7.99. The number of morpholine rings is 1. The van der Waals surface area contributed by atoms with Crippen LogP contribution in [0.2, 0.25) is 0 Å². The number of hydrogen-bond acceptors (Lipinski definition) is 4. The molecule has 1 fully saturated rings. The molecule has 2 aliphatic rings. The Morgan fingerprint density at radius 1 is 1.48 bits per heavy atom. The summed E-state index contributed by atoms with van der Waals surface area (Å²) in [6.07, 6.45) is 0.820. The molecule has 4 nitrogen and oxygen atoms in total. The first kappa shape index (κ1) is 16.5. The van der Waals surface area contributed by atoms with E-state index in [0.717, 1.165) is 17.7 Å². The summed E-state index contributed by atoms with van der Waals surface area (Å²) in [5.41, 5.74) is 0.881. The second-order valence-corrected chi connectivity index (χ2v) is 6.04. The van der Waals surface area contributed by atoms with Crippen LogP contribution in [0, 0.1) is 5.82 Å². The molecular formula is C14H18ClFN2O2S. The maximum atomic E-state index is 13.8. The van der Waals surface area contributed by atoms with Gasteiger partial charge in [0.1, 0.15) is 11.9 Å². The predicted octanol–water partition coefficient (Wildman–Crippen LogP) is 1.89. The molecule has 1 aromatic rings. The van der Waals surface area contributed by atoms with Crippen molar-refractivity contribution in [1.82, 2.24) is 10.6 Å². The number of nitrogens with one attached hydrogen (secondary N) is 2. The third-order valence-electron chi connectivity index (χ3n) is 3.58. The van der Waals surface area contributed by atoms with Crippen molar-refractivity contribution in [1.29, 1.82) is 0 Å². The van der Waals surface area contributed by atoms with Gasteiger partial charge in [0.2, 0.25) is 5.91 Å². The molecule has 116 valence electrons. The third kappa shape index (κ3) is 3.69. The summed E-state index contributed by atoms with van der Waals surface area (Å²) in [5.74, 6) is 0.537. The molecule has 3 rings (SSSR count).